The van der Waals surface area contributed by atoms with Crippen LogP contribution in [0.25, 0.3) is 20.4 Å². The number of thiophene rings is 1. The molecule has 1 unspecified atom stereocenters. The monoisotopic (exact) mass is 444 g/mol. The number of carbonyl (C=O) groups is 1. The fourth-order valence-corrected chi connectivity index (χ4v) is 5.68. The average Bonchev–Trinajstić information content (AvgIpc) is 3.17. The Morgan fingerprint density at radius 2 is 2.03 bits per heavy atom. The molecule has 4 aromatic rings. The number of H-pyrrole nitrogens is 1. The zero-order valence-corrected chi connectivity index (χ0v) is 18.9. The SMILES string of the molecule is Cc1nc2ccc(NC(=O)C(C)SCc3nc4sc(C)c(C)c4c(=O)[nH]3)cc2s1. The van der Waals surface area contributed by atoms with Gasteiger partial charge in [-0.15, -0.1) is 34.4 Å². The van der Waals surface area contributed by atoms with Gasteiger partial charge in [0.25, 0.3) is 5.56 Å². The molecule has 0 spiro atoms. The van der Waals surface area contributed by atoms with Crippen LogP contribution in [0.5, 0.6) is 0 Å². The highest BCUT2D eigenvalue weighted by Crippen LogP contribution is 2.27. The molecule has 1 amide bonds. The average molecular weight is 445 g/mol. The zero-order chi connectivity index (χ0) is 20.7. The third-order valence-electron chi connectivity index (χ3n) is 4.69. The summed E-state index contributed by atoms with van der Waals surface area (Å²) in [5.41, 5.74) is 2.57. The summed E-state index contributed by atoms with van der Waals surface area (Å²) in [5, 5.41) is 4.34. The standard InChI is InChI=1S/C20H20N4O2S3/c1-9-10(2)28-20-17(9)19(26)23-16(24-20)8-27-11(3)18(25)22-13-5-6-14-15(7-13)29-12(4)21-14/h5-7,11H,8H2,1-4H3,(H,22,25)(H,23,24,26). The summed E-state index contributed by atoms with van der Waals surface area (Å²) >= 11 is 4.58. The highest BCUT2D eigenvalue weighted by molar-refractivity contribution is 7.99. The molecule has 6 nitrogen and oxygen atoms in total. The van der Waals surface area contributed by atoms with Gasteiger partial charge in [-0.2, -0.15) is 0 Å². The maximum atomic E-state index is 12.6. The number of amides is 1. The fourth-order valence-electron chi connectivity index (χ4n) is 3.01. The number of aromatic amines is 1. The number of hydrogen-bond donors (Lipinski definition) is 2. The van der Waals surface area contributed by atoms with Crippen LogP contribution in [0.1, 0.15) is 28.2 Å². The molecule has 150 valence electrons. The van der Waals surface area contributed by atoms with E-state index in [0.29, 0.717) is 17.0 Å². The fraction of sp³-hybridized carbons (Fsp3) is 0.300. The van der Waals surface area contributed by atoms with Crippen molar-refractivity contribution in [2.24, 2.45) is 0 Å². The van der Waals surface area contributed by atoms with Crippen LogP contribution >= 0.6 is 34.4 Å². The molecule has 0 aliphatic rings. The lowest BCUT2D eigenvalue weighted by Gasteiger charge is -2.12. The number of thioether (sulfide) groups is 1. The van der Waals surface area contributed by atoms with E-state index in [-0.39, 0.29) is 16.7 Å². The summed E-state index contributed by atoms with van der Waals surface area (Å²) in [7, 11) is 0. The number of anilines is 1. The molecule has 4 rings (SSSR count). The first-order chi connectivity index (χ1) is 13.8. The minimum Gasteiger partial charge on any atom is -0.325 e. The van der Waals surface area contributed by atoms with Crippen molar-refractivity contribution < 1.29 is 4.79 Å². The number of nitrogens with zero attached hydrogens (tertiary/aromatic N) is 2. The van der Waals surface area contributed by atoms with Gasteiger partial charge in [-0.25, -0.2) is 9.97 Å². The van der Waals surface area contributed by atoms with Crippen molar-refractivity contribution in [3.8, 4) is 0 Å². The lowest BCUT2D eigenvalue weighted by Crippen LogP contribution is -2.23. The van der Waals surface area contributed by atoms with Gasteiger partial charge in [0.05, 0.1) is 31.6 Å². The van der Waals surface area contributed by atoms with Crippen molar-refractivity contribution in [2.45, 2.75) is 38.7 Å². The van der Waals surface area contributed by atoms with Crippen LogP contribution in [0.2, 0.25) is 0 Å². The molecular formula is C20H20N4O2S3. The third-order valence-corrected chi connectivity index (χ3v) is 7.88. The molecule has 0 radical (unpaired) electrons. The molecule has 2 N–H and O–H groups in total. The second kappa shape index (κ2) is 7.89. The van der Waals surface area contributed by atoms with Gasteiger partial charge in [0.2, 0.25) is 5.91 Å². The first-order valence-corrected chi connectivity index (χ1v) is 11.8. The van der Waals surface area contributed by atoms with Crippen molar-refractivity contribution in [2.75, 3.05) is 5.32 Å². The van der Waals surface area contributed by atoms with Crippen molar-refractivity contribution in [1.29, 1.82) is 0 Å². The predicted octanol–water partition coefficient (Wildman–Crippen LogP) is 4.78. The van der Waals surface area contributed by atoms with Crippen molar-refractivity contribution in [3.63, 3.8) is 0 Å². The van der Waals surface area contributed by atoms with Crippen LogP contribution in [0.15, 0.2) is 23.0 Å². The highest BCUT2D eigenvalue weighted by atomic mass is 32.2. The molecule has 0 saturated heterocycles. The van der Waals surface area contributed by atoms with E-state index >= 15 is 0 Å². The summed E-state index contributed by atoms with van der Waals surface area (Å²) in [5.74, 6) is 0.972. The molecule has 29 heavy (non-hydrogen) atoms. The van der Waals surface area contributed by atoms with Gasteiger partial charge in [-0.1, -0.05) is 0 Å². The largest absolute Gasteiger partial charge is 0.325 e. The van der Waals surface area contributed by atoms with Crippen molar-refractivity contribution in [1.82, 2.24) is 15.0 Å². The van der Waals surface area contributed by atoms with Gasteiger partial charge in [0, 0.05) is 10.6 Å². The second-order valence-corrected chi connectivity index (χ2v) is 10.6. The molecule has 9 heteroatoms. The number of nitrogens with one attached hydrogen (secondary N) is 2. The number of benzene rings is 1. The summed E-state index contributed by atoms with van der Waals surface area (Å²) < 4.78 is 1.05. The lowest BCUT2D eigenvalue weighted by molar-refractivity contribution is -0.115. The van der Waals surface area contributed by atoms with Crippen LogP contribution < -0.4 is 10.9 Å². The number of aromatic nitrogens is 3. The zero-order valence-electron chi connectivity index (χ0n) is 16.5. The van der Waals surface area contributed by atoms with Crippen molar-refractivity contribution in [3.05, 3.63) is 49.8 Å². The predicted molar refractivity (Wildman–Crippen MR) is 123 cm³/mol. The molecule has 1 atom stereocenters. The van der Waals surface area contributed by atoms with Crippen molar-refractivity contribution >= 4 is 66.5 Å². The molecule has 0 fully saturated rings. The number of thiazole rings is 1. The molecule has 0 aliphatic heterocycles. The second-order valence-electron chi connectivity index (χ2n) is 6.83. The third kappa shape index (κ3) is 4.08. The smallest absolute Gasteiger partial charge is 0.259 e. The molecule has 3 aromatic heterocycles. The Hall–Kier alpha value is -2.23. The Bertz CT molecular complexity index is 1290. The van der Waals surface area contributed by atoms with Gasteiger partial charge in [0.1, 0.15) is 10.7 Å². The number of rotatable bonds is 5. The normalized spacial score (nSPS) is 12.6. The molecular weight excluding hydrogens is 424 g/mol. The number of hydrogen-bond acceptors (Lipinski definition) is 7. The van der Waals surface area contributed by atoms with E-state index in [4.69, 9.17) is 0 Å². The number of carbonyl (C=O) groups excluding carboxylic acids is 1. The van der Waals surface area contributed by atoms with Gasteiger partial charge in [-0.05, 0) is 51.5 Å². The van der Waals surface area contributed by atoms with Crippen LogP contribution in [0.4, 0.5) is 5.69 Å². The Morgan fingerprint density at radius 1 is 1.24 bits per heavy atom. The summed E-state index contributed by atoms with van der Waals surface area (Å²) in [4.78, 5) is 38.7. The molecule has 0 bridgehead atoms. The summed E-state index contributed by atoms with van der Waals surface area (Å²) in [6, 6.07) is 5.73. The highest BCUT2D eigenvalue weighted by Gasteiger charge is 2.16. The Labute approximate surface area is 179 Å². The summed E-state index contributed by atoms with van der Waals surface area (Å²) in [6.45, 7) is 7.76. The number of fused-ring (bicyclic) bond motifs is 2. The Kier molecular flexibility index (Phi) is 5.46. The number of aryl methyl sites for hydroxylation is 3. The van der Waals surface area contributed by atoms with E-state index in [0.717, 1.165) is 36.2 Å². The maximum absolute atomic E-state index is 12.6. The minimum atomic E-state index is -0.290. The van der Waals surface area contributed by atoms with E-state index in [9.17, 15) is 9.59 Å². The first-order valence-electron chi connectivity index (χ1n) is 9.10. The minimum absolute atomic E-state index is 0.0816. The summed E-state index contributed by atoms with van der Waals surface area (Å²) in [6.07, 6.45) is 0. The van der Waals surface area contributed by atoms with E-state index < -0.39 is 0 Å². The Balaban J connectivity index is 1.43. The van der Waals surface area contributed by atoms with Gasteiger partial charge in [-0.3, -0.25) is 9.59 Å². The van der Waals surface area contributed by atoms with Gasteiger partial charge < -0.3 is 10.3 Å². The molecule has 1 aromatic carbocycles. The molecule has 0 saturated carbocycles. The van der Waals surface area contributed by atoms with Gasteiger partial charge in [0.15, 0.2) is 0 Å². The van der Waals surface area contributed by atoms with Gasteiger partial charge >= 0.3 is 0 Å². The van der Waals surface area contributed by atoms with E-state index in [1.165, 1.54) is 23.1 Å². The van der Waals surface area contributed by atoms with Crippen LogP contribution in [-0.2, 0) is 10.5 Å². The molecule has 0 aliphatic carbocycles. The van der Waals surface area contributed by atoms with Crippen LogP contribution in [0.3, 0.4) is 0 Å². The van der Waals surface area contributed by atoms with Crippen LogP contribution in [0, 0.1) is 20.8 Å². The van der Waals surface area contributed by atoms with E-state index in [1.54, 1.807) is 11.3 Å². The van der Waals surface area contributed by atoms with E-state index in [1.807, 2.05) is 45.9 Å². The molecule has 3 heterocycles. The quantitative estimate of drug-likeness (QED) is 0.462. The lowest BCUT2D eigenvalue weighted by atomic mass is 10.2. The first kappa shape index (κ1) is 20.1. The topological polar surface area (TPSA) is 87.7 Å². The van der Waals surface area contributed by atoms with Crippen LogP contribution in [-0.4, -0.2) is 26.1 Å². The maximum Gasteiger partial charge on any atom is 0.259 e. The van der Waals surface area contributed by atoms with E-state index in [2.05, 4.69) is 20.3 Å². The Morgan fingerprint density at radius 3 is 2.83 bits per heavy atom.